The second kappa shape index (κ2) is 9.24. The summed E-state index contributed by atoms with van der Waals surface area (Å²) < 4.78 is 5.43. The average molecular weight is 418 g/mol. The summed E-state index contributed by atoms with van der Waals surface area (Å²) in [7, 11) is 0. The van der Waals surface area contributed by atoms with Crippen LogP contribution < -0.4 is 0 Å². The molecule has 156 valence electrons. The predicted octanol–water partition coefficient (Wildman–Crippen LogP) is 2.77. The topological polar surface area (TPSA) is 65.7 Å². The maximum atomic E-state index is 12.8. The summed E-state index contributed by atoms with van der Waals surface area (Å²) in [5, 5.41) is 4.76. The number of rotatable bonds is 5. The Morgan fingerprint density at radius 2 is 1.76 bits per heavy atom. The molecule has 0 atom stereocenters. The van der Waals surface area contributed by atoms with Gasteiger partial charge >= 0.3 is 0 Å². The minimum atomic E-state index is 0.145. The van der Waals surface area contributed by atoms with Gasteiger partial charge in [-0.25, -0.2) is 0 Å². The Balaban J connectivity index is 1.26. The molecular weight excluding hydrogens is 390 g/mol. The highest BCUT2D eigenvalue weighted by Gasteiger charge is 2.30. The van der Waals surface area contributed by atoms with Crippen molar-refractivity contribution in [2.24, 2.45) is 5.92 Å². The number of carbonyl (C=O) groups excluding carboxylic acids is 1. The molecule has 0 bridgehead atoms. The quantitative estimate of drug-likeness (QED) is 0.745. The fourth-order valence-electron chi connectivity index (χ4n) is 4.11. The average Bonchev–Trinajstić information content (AvgIpc) is 3.23. The number of nitrogens with zero attached hydrogens (tertiary/aromatic N) is 5. The van der Waals surface area contributed by atoms with Gasteiger partial charge in [0.25, 0.3) is 0 Å². The van der Waals surface area contributed by atoms with Crippen molar-refractivity contribution in [3.63, 3.8) is 0 Å². The molecule has 0 radical (unpaired) electrons. The summed E-state index contributed by atoms with van der Waals surface area (Å²) in [5.74, 6) is 1.67. The van der Waals surface area contributed by atoms with Crippen LogP contribution in [0.4, 0.5) is 0 Å². The largest absolute Gasteiger partial charge is 0.340 e. The van der Waals surface area contributed by atoms with E-state index in [-0.39, 0.29) is 5.92 Å². The smallest absolute Gasteiger partial charge is 0.241 e. The minimum Gasteiger partial charge on any atom is -0.340 e. The number of hydrogen-bond donors (Lipinski definition) is 0. The van der Waals surface area contributed by atoms with Crippen LogP contribution in [0.3, 0.4) is 0 Å². The Kier molecular flexibility index (Phi) is 6.47. The van der Waals surface area contributed by atoms with Gasteiger partial charge in [0.05, 0.1) is 6.54 Å². The third-order valence-electron chi connectivity index (χ3n) is 6.00. The van der Waals surface area contributed by atoms with Crippen LogP contribution in [0.25, 0.3) is 11.4 Å². The molecule has 2 aliphatic rings. The van der Waals surface area contributed by atoms with Crippen LogP contribution in [0.5, 0.6) is 0 Å². The first kappa shape index (κ1) is 20.3. The molecule has 1 amide bonds. The molecule has 0 unspecified atom stereocenters. The molecular formula is C21H28ClN5O2. The van der Waals surface area contributed by atoms with Crippen molar-refractivity contribution in [1.29, 1.82) is 0 Å². The van der Waals surface area contributed by atoms with E-state index in [2.05, 4.69) is 31.8 Å². The lowest BCUT2D eigenvalue weighted by molar-refractivity contribution is -0.138. The van der Waals surface area contributed by atoms with Crippen LogP contribution in [0, 0.1) is 5.92 Å². The zero-order valence-corrected chi connectivity index (χ0v) is 17.6. The highest BCUT2D eigenvalue weighted by Crippen LogP contribution is 2.23. The summed E-state index contributed by atoms with van der Waals surface area (Å²) in [6.45, 7) is 9.34. The Hall–Kier alpha value is -1.96. The van der Waals surface area contributed by atoms with E-state index in [9.17, 15) is 4.79 Å². The molecule has 8 heteroatoms. The van der Waals surface area contributed by atoms with Gasteiger partial charge in [-0.05, 0) is 56.7 Å². The lowest BCUT2D eigenvalue weighted by Crippen LogP contribution is -2.51. The molecule has 0 aliphatic carbocycles. The van der Waals surface area contributed by atoms with E-state index in [1.54, 1.807) is 0 Å². The number of amides is 1. The molecule has 2 aromatic rings. The zero-order valence-electron chi connectivity index (χ0n) is 16.9. The first-order valence-corrected chi connectivity index (χ1v) is 10.8. The molecule has 1 aromatic carbocycles. The Bertz CT molecular complexity index is 809. The molecule has 2 aliphatic heterocycles. The number of piperazine rings is 1. The summed E-state index contributed by atoms with van der Waals surface area (Å²) >= 11 is 5.93. The van der Waals surface area contributed by atoms with Crippen LogP contribution in [0.15, 0.2) is 28.8 Å². The van der Waals surface area contributed by atoms with Crippen molar-refractivity contribution in [3.05, 3.63) is 35.2 Å². The Labute approximate surface area is 176 Å². The first-order valence-electron chi connectivity index (χ1n) is 10.4. The maximum Gasteiger partial charge on any atom is 0.241 e. The number of benzene rings is 1. The number of likely N-dealkylation sites (tertiary alicyclic amines) is 1. The molecule has 2 fully saturated rings. The fraction of sp³-hybridized carbons (Fsp3) is 0.571. The molecule has 1 aromatic heterocycles. The van der Waals surface area contributed by atoms with Crippen molar-refractivity contribution in [2.75, 3.05) is 45.8 Å². The maximum absolute atomic E-state index is 12.8. The SMILES string of the molecule is CCN1CCN(C(=O)C2CCN(Cc3nc(-c4ccc(Cl)cc4)no3)CC2)CC1. The summed E-state index contributed by atoms with van der Waals surface area (Å²) in [4.78, 5) is 24.1. The zero-order chi connectivity index (χ0) is 20.2. The number of carbonyl (C=O) groups is 1. The van der Waals surface area contributed by atoms with Gasteiger partial charge in [-0.3, -0.25) is 9.69 Å². The van der Waals surface area contributed by atoms with Gasteiger partial charge in [0.2, 0.25) is 17.6 Å². The Morgan fingerprint density at radius 1 is 1.07 bits per heavy atom. The van der Waals surface area contributed by atoms with Gasteiger partial charge in [0.1, 0.15) is 0 Å². The standard InChI is InChI=1S/C21H28ClN5O2/c1-2-25-11-13-27(14-12-25)21(28)17-7-9-26(10-8-17)15-19-23-20(24-29-19)16-3-5-18(22)6-4-16/h3-6,17H,2,7-15H2,1H3. The molecule has 0 spiro atoms. The predicted molar refractivity (Wildman–Crippen MR) is 111 cm³/mol. The summed E-state index contributed by atoms with van der Waals surface area (Å²) in [6.07, 6.45) is 1.79. The molecule has 7 nitrogen and oxygen atoms in total. The van der Waals surface area contributed by atoms with Crippen LogP contribution in [0.2, 0.25) is 5.02 Å². The van der Waals surface area contributed by atoms with Crippen molar-refractivity contribution < 1.29 is 9.32 Å². The molecule has 2 saturated heterocycles. The van der Waals surface area contributed by atoms with E-state index in [1.165, 1.54) is 0 Å². The van der Waals surface area contributed by atoms with Gasteiger partial charge in [0.15, 0.2) is 0 Å². The van der Waals surface area contributed by atoms with E-state index in [0.717, 1.165) is 64.2 Å². The van der Waals surface area contributed by atoms with Crippen LogP contribution in [0.1, 0.15) is 25.7 Å². The molecule has 3 heterocycles. The number of halogens is 1. The molecule has 4 rings (SSSR count). The fourth-order valence-corrected chi connectivity index (χ4v) is 4.23. The lowest BCUT2D eigenvalue weighted by Gasteiger charge is -2.38. The number of likely N-dealkylation sites (N-methyl/N-ethyl adjacent to an activating group) is 1. The van der Waals surface area contributed by atoms with Crippen LogP contribution in [-0.2, 0) is 11.3 Å². The van der Waals surface area contributed by atoms with E-state index < -0.39 is 0 Å². The number of hydrogen-bond acceptors (Lipinski definition) is 6. The van der Waals surface area contributed by atoms with E-state index in [4.69, 9.17) is 16.1 Å². The van der Waals surface area contributed by atoms with Gasteiger partial charge in [-0.15, -0.1) is 0 Å². The van der Waals surface area contributed by atoms with Gasteiger partial charge in [-0.2, -0.15) is 4.98 Å². The second-order valence-electron chi connectivity index (χ2n) is 7.83. The summed E-state index contributed by atoms with van der Waals surface area (Å²) in [6, 6.07) is 7.40. The van der Waals surface area contributed by atoms with Crippen LogP contribution in [-0.4, -0.2) is 76.6 Å². The molecule has 29 heavy (non-hydrogen) atoms. The van der Waals surface area contributed by atoms with Crippen molar-refractivity contribution in [2.45, 2.75) is 26.3 Å². The monoisotopic (exact) mass is 417 g/mol. The second-order valence-corrected chi connectivity index (χ2v) is 8.27. The van der Waals surface area contributed by atoms with Crippen LogP contribution >= 0.6 is 11.6 Å². The molecule has 0 N–H and O–H groups in total. The highest BCUT2D eigenvalue weighted by atomic mass is 35.5. The molecule has 0 saturated carbocycles. The highest BCUT2D eigenvalue weighted by molar-refractivity contribution is 6.30. The third-order valence-corrected chi connectivity index (χ3v) is 6.25. The minimum absolute atomic E-state index is 0.145. The Morgan fingerprint density at radius 3 is 2.41 bits per heavy atom. The third kappa shape index (κ3) is 4.97. The lowest BCUT2D eigenvalue weighted by atomic mass is 9.95. The summed E-state index contributed by atoms with van der Waals surface area (Å²) in [5.41, 5.74) is 0.886. The van der Waals surface area contributed by atoms with E-state index in [0.29, 0.717) is 29.2 Å². The van der Waals surface area contributed by atoms with Crippen molar-refractivity contribution >= 4 is 17.5 Å². The number of piperidine rings is 1. The van der Waals surface area contributed by atoms with Gasteiger partial charge in [0, 0.05) is 42.7 Å². The van der Waals surface area contributed by atoms with Crippen molar-refractivity contribution in [3.8, 4) is 11.4 Å². The van der Waals surface area contributed by atoms with E-state index in [1.807, 2.05) is 24.3 Å². The number of aromatic nitrogens is 2. The van der Waals surface area contributed by atoms with Gasteiger partial charge < -0.3 is 14.3 Å². The van der Waals surface area contributed by atoms with Crippen molar-refractivity contribution in [1.82, 2.24) is 24.8 Å². The normalized spacial score (nSPS) is 19.6. The van der Waals surface area contributed by atoms with Gasteiger partial charge in [-0.1, -0.05) is 23.7 Å². The first-order chi connectivity index (χ1) is 14.1. The van der Waals surface area contributed by atoms with E-state index >= 15 is 0 Å².